The topological polar surface area (TPSA) is 43.4 Å². The van der Waals surface area contributed by atoms with Gasteiger partial charge < -0.3 is 4.74 Å². The smallest absolute Gasteiger partial charge is 0.320 e. The Labute approximate surface area is 190 Å². The highest BCUT2D eigenvalue weighted by molar-refractivity contribution is 6.98. The summed E-state index contributed by atoms with van der Waals surface area (Å²) in [5, 5.41) is 3.24. The highest BCUT2D eigenvalue weighted by atomic mass is 28.3. The minimum atomic E-state index is -1.54. The second-order valence-corrected chi connectivity index (χ2v) is 22.6. The zero-order chi connectivity index (χ0) is 23.0. The van der Waals surface area contributed by atoms with E-state index in [-0.39, 0.29) is 23.1 Å². The number of aryl methyl sites for hydroxylation is 1. The molecule has 0 aromatic heterocycles. The van der Waals surface area contributed by atoms with E-state index in [4.69, 9.17) is 4.74 Å². The van der Waals surface area contributed by atoms with Gasteiger partial charge >= 0.3 is 5.97 Å². The van der Waals surface area contributed by atoms with E-state index >= 15 is 0 Å². The van der Waals surface area contributed by atoms with Crippen LogP contribution < -0.4 is 10.4 Å². The Morgan fingerprint density at radius 3 is 2.10 bits per heavy atom. The Balaban J connectivity index is 1.96. The van der Waals surface area contributed by atoms with Crippen molar-refractivity contribution in [3.63, 3.8) is 0 Å². The van der Waals surface area contributed by atoms with E-state index in [0.29, 0.717) is 5.92 Å². The van der Waals surface area contributed by atoms with E-state index in [1.807, 2.05) is 0 Å². The molecule has 1 aromatic rings. The van der Waals surface area contributed by atoms with Gasteiger partial charge in [-0.1, -0.05) is 61.8 Å². The Morgan fingerprint density at radius 1 is 0.935 bits per heavy atom. The van der Waals surface area contributed by atoms with E-state index in [1.54, 1.807) is 17.3 Å². The number of Topliss-reactive ketones (excluding diaryl/α,β-unsaturated/α-hetero) is 1. The first-order valence-electron chi connectivity index (χ1n) is 12.1. The van der Waals surface area contributed by atoms with Crippen LogP contribution in [0.15, 0.2) is 12.1 Å². The van der Waals surface area contributed by atoms with Crippen LogP contribution in [0.4, 0.5) is 0 Å². The maximum Gasteiger partial charge on any atom is 0.320 e. The number of esters is 1. The lowest BCUT2D eigenvalue weighted by molar-refractivity contribution is -0.176. The molecule has 4 rings (SSSR count). The van der Waals surface area contributed by atoms with Crippen molar-refractivity contribution in [2.24, 2.45) is 16.7 Å². The predicted molar refractivity (Wildman–Crippen MR) is 133 cm³/mol. The van der Waals surface area contributed by atoms with Crippen molar-refractivity contribution >= 4 is 38.3 Å². The summed E-state index contributed by atoms with van der Waals surface area (Å²) in [4.78, 5) is 26.6. The third kappa shape index (κ3) is 3.02. The molecule has 0 saturated heterocycles. The summed E-state index contributed by atoms with van der Waals surface area (Å²) >= 11 is 0. The quantitative estimate of drug-likeness (QED) is 0.373. The van der Waals surface area contributed by atoms with Gasteiger partial charge in [-0.15, -0.1) is 0 Å². The van der Waals surface area contributed by atoms with Gasteiger partial charge in [-0.25, -0.2) is 0 Å². The number of carbonyl (C=O) groups is 2. The average molecular weight is 457 g/mol. The Morgan fingerprint density at radius 2 is 1.55 bits per heavy atom. The van der Waals surface area contributed by atoms with Gasteiger partial charge in [0.2, 0.25) is 0 Å². The molecule has 0 heterocycles. The molecule has 0 radical (unpaired) electrons. The van der Waals surface area contributed by atoms with Crippen LogP contribution in [-0.4, -0.2) is 35.0 Å². The van der Waals surface area contributed by atoms with Gasteiger partial charge in [0.25, 0.3) is 0 Å². The lowest BCUT2D eigenvalue weighted by Gasteiger charge is -2.56. The van der Waals surface area contributed by atoms with Crippen LogP contribution in [0.5, 0.6) is 0 Å². The normalized spacial score (nSPS) is 32.3. The van der Waals surface area contributed by atoms with E-state index < -0.39 is 21.6 Å². The first-order valence-corrected chi connectivity index (χ1v) is 19.1. The molecule has 0 aliphatic heterocycles. The fourth-order valence-corrected chi connectivity index (χ4v) is 13.0. The molecule has 4 atom stereocenters. The second kappa shape index (κ2) is 7.15. The van der Waals surface area contributed by atoms with Crippen molar-refractivity contribution in [3.05, 3.63) is 23.3 Å². The molecule has 5 heteroatoms. The zero-order valence-corrected chi connectivity index (χ0v) is 22.8. The minimum absolute atomic E-state index is 0.0409. The number of hydrogen-bond donors (Lipinski definition) is 0. The summed E-state index contributed by atoms with van der Waals surface area (Å²) in [7, 11) is -1.54. The molecule has 0 unspecified atom stereocenters. The molecule has 170 valence electrons. The number of carbonyl (C=O) groups excluding carboxylic acids is 2. The van der Waals surface area contributed by atoms with Crippen molar-refractivity contribution in [2.45, 2.75) is 90.6 Å². The molecule has 3 nitrogen and oxygen atoms in total. The SMILES string of the molecule is COC(=O)[C@@]1(C(C)=O)[C@H]2CC[C@@H]3c4cc([Si](C)(C)C)c([Si](C)(C)C)cc4CC[C@]31CC2. The van der Waals surface area contributed by atoms with Gasteiger partial charge in [0.15, 0.2) is 0 Å². The molecule has 0 N–H and O–H groups in total. The number of methoxy groups -OCH3 is 1. The second-order valence-electron chi connectivity index (χ2n) is 12.5. The average Bonchev–Trinajstić information content (AvgIpc) is 2.86. The summed E-state index contributed by atoms with van der Waals surface area (Å²) in [5.41, 5.74) is 1.74. The molecule has 2 fully saturated rings. The first-order chi connectivity index (χ1) is 14.3. The van der Waals surface area contributed by atoms with Crippen molar-refractivity contribution in [1.82, 2.24) is 0 Å². The summed E-state index contributed by atoms with van der Waals surface area (Å²) in [5.74, 6) is 0.218. The van der Waals surface area contributed by atoms with Crippen LogP contribution in [0, 0.1) is 16.7 Å². The molecule has 1 spiro atoms. The summed E-state index contributed by atoms with van der Waals surface area (Å²) in [6.07, 6.45) is 5.93. The molecule has 1 aromatic carbocycles. The zero-order valence-electron chi connectivity index (χ0n) is 20.8. The van der Waals surface area contributed by atoms with Crippen LogP contribution in [0.3, 0.4) is 0 Å². The lowest BCUT2D eigenvalue weighted by atomic mass is 9.46. The van der Waals surface area contributed by atoms with Crippen LogP contribution in [-0.2, 0) is 20.7 Å². The highest BCUT2D eigenvalue weighted by Gasteiger charge is 2.72. The molecule has 3 aliphatic rings. The number of ether oxygens (including phenoxy) is 1. The van der Waals surface area contributed by atoms with Gasteiger partial charge in [0, 0.05) is 5.41 Å². The van der Waals surface area contributed by atoms with Crippen molar-refractivity contribution < 1.29 is 14.3 Å². The molecule has 31 heavy (non-hydrogen) atoms. The number of hydrogen-bond acceptors (Lipinski definition) is 3. The Bertz CT molecular complexity index is 939. The largest absolute Gasteiger partial charge is 0.468 e. The number of benzene rings is 1. The molecular formula is C26H40O3Si2. The first kappa shape index (κ1) is 23.0. The summed E-state index contributed by atoms with van der Waals surface area (Å²) < 4.78 is 5.36. The minimum Gasteiger partial charge on any atom is -0.468 e. The predicted octanol–water partition coefficient (Wildman–Crippen LogP) is 4.75. The lowest BCUT2D eigenvalue weighted by Crippen LogP contribution is -2.60. The van der Waals surface area contributed by atoms with Crippen molar-refractivity contribution in [1.29, 1.82) is 0 Å². The van der Waals surface area contributed by atoms with Crippen molar-refractivity contribution in [2.75, 3.05) is 7.11 Å². The van der Waals surface area contributed by atoms with Gasteiger partial charge in [-0.3, -0.25) is 9.59 Å². The standard InChI is InChI=1S/C26H40O3Si2/c1-17(27)26(24(28)29-2)19-9-10-21-20-16-23(31(6,7)8)22(30(3,4)5)15-18(20)11-13-25(21,26)14-12-19/h15-16,19,21H,9-14H2,1-8H3/t19-,21+,25-,26+/m0/s1. The molecule has 3 aliphatic carbocycles. The number of rotatable bonds is 4. The van der Waals surface area contributed by atoms with Gasteiger partial charge in [0.05, 0.1) is 23.3 Å². The molecular weight excluding hydrogens is 416 g/mol. The van der Waals surface area contributed by atoms with Crippen molar-refractivity contribution in [3.8, 4) is 0 Å². The Hall–Kier alpha value is -1.21. The van der Waals surface area contributed by atoms with E-state index in [9.17, 15) is 9.59 Å². The number of ketones is 1. The third-order valence-electron chi connectivity index (χ3n) is 8.98. The fourth-order valence-electron chi connectivity index (χ4n) is 7.77. The van der Waals surface area contributed by atoms with Gasteiger partial charge in [-0.05, 0) is 68.4 Å². The van der Waals surface area contributed by atoms with Crippen LogP contribution >= 0.6 is 0 Å². The number of fused-ring (bicyclic) bond motifs is 3. The van der Waals surface area contributed by atoms with Crippen LogP contribution in [0.2, 0.25) is 39.3 Å². The maximum absolute atomic E-state index is 13.3. The third-order valence-corrected chi connectivity index (χ3v) is 13.3. The van der Waals surface area contributed by atoms with E-state index in [0.717, 1.165) is 38.5 Å². The molecule has 2 saturated carbocycles. The molecule has 0 amide bonds. The summed E-state index contributed by atoms with van der Waals surface area (Å²) in [6, 6.07) is 5.11. The molecule has 2 bridgehead atoms. The maximum atomic E-state index is 13.3. The summed E-state index contributed by atoms with van der Waals surface area (Å²) in [6.45, 7) is 16.4. The van der Waals surface area contributed by atoms with Gasteiger partial charge in [-0.2, -0.15) is 0 Å². The van der Waals surface area contributed by atoms with Crippen LogP contribution in [0.1, 0.15) is 56.1 Å². The van der Waals surface area contributed by atoms with Crippen LogP contribution in [0.25, 0.3) is 0 Å². The Kier molecular flexibility index (Phi) is 5.29. The van der Waals surface area contributed by atoms with E-state index in [1.165, 1.54) is 18.2 Å². The highest BCUT2D eigenvalue weighted by Crippen LogP contribution is 2.72. The monoisotopic (exact) mass is 456 g/mol. The fraction of sp³-hybridized carbons (Fsp3) is 0.692. The van der Waals surface area contributed by atoms with E-state index in [2.05, 4.69) is 51.4 Å². The van der Waals surface area contributed by atoms with Gasteiger partial charge in [0.1, 0.15) is 11.2 Å².